The number of carbonyl (C=O) groups is 1. The first-order valence-electron chi connectivity index (χ1n) is 11.7. The predicted molar refractivity (Wildman–Crippen MR) is 135 cm³/mol. The van der Waals surface area contributed by atoms with Gasteiger partial charge in [0.15, 0.2) is 0 Å². The maximum absolute atomic E-state index is 12.5. The molecule has 1 atom stereocenters. The molecule has 6 rings (SSSR count). The summed E-state index contributed by atoms with van der Waals surface area (Å²) >= 11 is 0. The van der Waals surface area contributed by atoms with Crippen molar-refractivity contribution in [2.75, 3.05) is 13.1 Å². The third-order valence-electron chi connectivity index (χ3n) is 6.88. The van der Waals surface area contributed by atoms with Crippen molar-refractivity contribution < 1.29 is 13.2 Å². The standard InChI is InChI=1S/C28H28N2O3S/c31-27(14-16-30-34(32,33)17-15-20-8-2-1-3-9-20)29-19-21-18-26-22-10-4-6-12-24(22)28(21)25-13-7-5-11-23(25)26/h1-13,15,17,21,26,28,30H,14,16,18-19H2,(H,29,31)/b17-15+/t21-,26?,28?/m0/s1. The fraction of sp³-hybridized carbons (Fsp3) is 0.250. The summed E-state index contributed by atoms with van der Waals surface area (Å²) in [5.41, 5.74) is 6.36. The van der Waals surface area contributed by atoms with Gasteiger partial charge in [0.1, 0.15) is 0 Å². The van der Waals surface area contributed by atoms with Crippen molar-refractivity contribution in [3.05, 3.63) is 112 Å². The molecule has 0 spiro atoms. The molecule has 3 aromatic rings. The number of rotatable bonds is 8. The van der Waals surface area contributed by atoms with E-state index in [0.29, 0.717) is 18.4 Å². The summed E-state index contributed by atoms with van der Waals surface area (Å²) in [7, 11) is -3.60. The van der Waals surface area contributed by atoms with E-state index in [1.165, 1.54) is 28.3 Å². The Morgan fingerprint density at radius 1 is 0.853 bits per heavy atom. The van der Waals surface area contributed by atoms with Crippen LogP contribution in [-0.4, -0.2) is 27.4 Å². The van der Waals surface area contributed by atoms with Gasteiger partial charge in [-0.1, -0.05) is 78.9 Å². The Morgan fingerprint density at radius 2 is 1.44 bits per heavy atom. The van der Waals surface area contributed by atoms with E-state index in [0.717, 1.165) is 17.4 Å². The highest BCUT2D eigenvalue weighted by atomic mass is 32.2. The minimum absolute atomic E-state index is 0.0652. The number of sulfonamides is 1. The first kappa shape index (κ1) is 22.6. The average Bonchev–Trinajstić information content (AvgIpc) is 2.87. The summed E-state index contributed by atoms with van der Waals surface area (Å²) < 4.78 is 26.8. The van der Waals surface area contributed by atoms with Crippen LogP contribution in [0.2, 0.25) is 0 Å². The number of fused-ring (bicyclic) bond motifs is 1. The van der Waals surface area contributed by atoms with E-state index in [9.17, 15) is 13.2 Å². The molecule has 174 valence electrons. The monoisotopic (exact) mass is 472 g/mol. The quantitative estimate of drug-likeness (QED) is 0.511. The van der Waals surface area contributed by atoms with Crippen LogP contribution in [0.1, 0.15) is 52.5 Å². The number of carbonyl (C=O) groups excluding carboxylic acids is 1. The Bertz CT molecular complexity index is 1270. The number of nitrogens with one attached hydrogen (secondary N) is 2. The van der Waals surface area contributed by atoms with Crippen LogP contribution in [0.5, 0.6) is 0 Å². The molecule has 0 saturated carbocycles. The van der Waals surface area contributed by atoms with Gasteiger partial charge in [-0.2, -0.15) is 0 Å². The van der Waals surface area contributed by atoms with Crippen molar-refractivity contribution >= 4 is 22.0 Å². The van der Waals surface area contributed by atoms with Gasteiger partial charge < -0.3 is 5.32 Å². The molecule has 0 aromatic heterocycles. The summed E-state index contributed by atoms with van der Waals surface area (Å²) in [4.78, 5) is 12.5. The maximum atomic E-state index is 12.5. The molecule has 2 N–H and O–H groups in total. The zero-order valence-electron chi connectivity index (χ0n) is 18.9. The van der Waals surface area contributed by atoms with Gasteiger partial charge in [0.25, 0.3) is 0 Å². The van der Waals surface area contributed by atoms with Gasteiger partial charge in [0.05, 0.1) is 0 Å². The zero-order valence-corrected chi connectivity index (χ0v) is 19.7. The number of benzene rings is 3. The lowest BCUT2D eigenvalue weighted by molar-refractivity contribution is -0.121. The first-order chi connectivity index (χ1) is 16.5. The highest BCUT2D eigenvalue weighted by Crippen LogP contribution is 2.55. The Balaban J connectivity index is 1.16. The molecule has 3 aliphatic rings. The molecule has 0 heterocycles. The van der Waals surface area contributed by atoms with Crippen LogP contribution < -0.4 is 10.0 Å². The van der Waals surface area contributed by atoms with Gasteiger partial charge in [0, 0.05) is 36.8 Å². The van der Waals surface area contributed by atoms with Crippen LogP contribution >= 0.6 is 0 Å². The van der Waals surface area contributed by atoms with Crippen LogP contribution in [0.15, 0.2) is 84.3 Å². The predicted octanol–water partition coefficient (Wildman–Crippen LogP) is 4.38. The van der Waals surface area contributed by atoms with Crippen LogP contribution in [-0.2, 0) is 14.8 Å². The molecule has 0 radical (unpaired) electrons. The molecule has 3 aromatic carbocycles. The molecule has 2 bridgehead atoms. The lowest BCUT2D eigenvalue weighted by Gasteiger charge is -2.45. The van der Waals surface area contributed by atoms with E-state index in [4.69, 9.17) is 0 Å². The molecule has 6 heteroatoms. The van der Waals surface area contributed by atoms with Crippen molar-refractivity contribution in [1.29, 1.82) is 0 Å². The summed E-state index contributed by atoms with van der Waals surface area (Å²) in [5, 5.41) is 4.18. The molecular formula is C28H28N2O3S. The van der Waals surface area contributed by atoms with E-state index in [2.05, 4.69) is 58.6 Å². The van der Waals surface area contributed by atoms with E-state index < -0.39 is 10.0 Å². The lowest BCUT2D eigenvalue weighted by atomic mass is 9.59. The van der Waals surface area contributed by atoms with E-state index in [1.807, 2.05) is 30.3 Å². The molecule has 34 heavy (non-hydrogen) atoms. The second-order valence-corrected chi connectivity index (χ2v) is 10.6. The molecule has 0 unspecified atom stereocenters. The van der Waals surface area contributed by atoms with Gasteiger partial charge in [-0.05, 0) is 46.2 Å². The van der Waals surface area contributed by atoms with Crippen LogP contribution in [0.3, 0.4) is 0 Å². The average molecular weight is 473 g/mol. The summed E-state index contributed by atoms with van der Waals surface area (Å²) in [6.07, 6.45) is 2.65. The Labute approximate surface area is 201 Å². The third kappa shape index (κ3) is 4.69. The molecule has 0 saturated heterocycles. The molecule has 5 nitrogen and oxygen atoms in total. The molecule has 0 fully saturated rings. The Morgan fingerprint density at radius 3 is 2.09 bits per heavy atom. The van der Waals surface area contributed by atoms with E-state index >= 15 is 0 Å². The Kier molecular flexibility index (Phi) is 6.35. The normalized spacial score (nSPS) is 20.6. The van der Waals surface area contributed by atoms with Crippen molar-refractivity contribution in [3.8, 4) is 0 Å². The maximum Gasteiger partial charge on any atom is 0.233 e. The minimum atomic E-state index is -3.60. The molecular weight excluding hydrogens is 444 g/mol. The largest absolute Gasteiger partial charge is 0.356 e. The lowest BCUT2D eigenvalue weighted by Crippen LogP contribution is -2.40. The van der Waals surface area contributed by atoms with Crippen molar-refractivity contribution in [2.24, 2.45) is 5.92 Å². The van der Waals surface area contributed by atoms with Gasteiger partial charge in [-0.3, -0.25) is 4.79 Å². The molecule has 1 amide bonds. The van der Waals surface area contributed by atoms with E-state index in [-0.39, 0.29) is 24.8 Å². The second kappa shape index (κ2) is 9.57. The van der Waals surface area contributed by atoms with Crippen molar-refractivity contribution in [2.45, 2.75) is 24.7 Å². The van der Waals surface area contributed by atoms with Gasteiger partial charge in [-0.25, -0.2) is 13.1 Å². The number of hydrogen-bond donors (Lipinski definition) is 2. The van der Waals surface area contributed by atoms with Crippen molar-refractivity contribution in [1.82, 2.24) is 10.0 Å². The molecule has 0 aliphatic heterocycles. The van der Waals surface area contributed by atoms with Crippen molar-refractivity contribution in [3.63, 3.8) is 0 Å². The van der Waals surface area contributed by atoms with Crippen LogP contribution in [0, 0.1) is 5.92 Å². The number of amides is 1. The fourth-order valence-corrected chi connectivity index (χ4v) is 6.20. The summed E-state index contributed by atoms with van der Waals surface area (Å²) in [6, 6.07) is 26.5. The molecule has 3 aliphatic carbocycles. The van der Waals surface area contributed by atoms with Crippen LogP contribution in [0.25, 0.3) is 6.08 Å². The highest BCUT2D eigenvalue weighted by molar-refractivity contribution is 7.92. The minimum Gasteiger partial charge on any atom is -0.356 e. The second-order valence-electron chi connectivity index (χ2n) is 8.99. The van der Waals surface area contributed by atoms with Crippen LogP contribution in [0.4, 0.5) is 0 Å². The van der Waals surface area contributed by atoms with Gasteiger partial charge in [0.2, 0.25) is 15.9 Å². The van der Waals surface area contributed by atoms with E-state index in [1.54, 1.807) is 0 Å². The third-order valence-corrected chi connectivity index (χ3v) is 7.98. The first-order valence-corrected chi connectivity index (χ1v) is 13.2. The fourth-order valence-electron chi connectivity index (χ4n) is 5.38. The van der Waals surface area contributed by atoms with Gasteiger partial charge in [-0.15, -0.1) is 0 Å². The zero-order chi connectivity index (χ0) is 23.5. The highest BCUT2D eigenvalue weighted by Gasteiger charge is 2.42. The summed E-state index contributed by atoms with van der Waals surface area (Å²) in [6.45, 7) is 0.652. The SMILES string of the molecule is O=C(CCNS(=O)(=O)/C=C/c1ccccc1)NC[C@@H]1CC2c3ccccc3C1c1ccccc12. The smallest absolute Gasteiger partial charge is 0.233 e. The van der Waals surface area contributed by atoms with Gasteiger partial charge >= 0.3 is 0 Å². The topological polar surface area (TPSA) is 75.3 Å². The summed E-state index contributed by atoms with van der Waals surface area (Å²) in [5.74, 6) is 0.823. The Hall–Kier alpha value is -3.22. The number of hydrogen-bond acceptors (Lipinski definition) is 3.